The van der Waals surface area contributed by atoms with E-state index in [1.54, 1.807) is 30.3 Å². The highest BCUT2D eigenvalue weighted by Crippen LogP contribution is 2.33. The summed E-state index contributed by atoms with van der Waals surface area (Å²) in [6.07, 6.45) is 2.14. The molecule has 1 atom stereocenters. The Bertz CT molecular complexity index is 970. The molecule has 1 aromatic carbocycles. The number of sulfone groups is 1. The molecule has 27 heavy (non-hydrogen) atoms. The second kappa shape index (κ2) is 7.59. The topological polar surface area (TPSA) is 76.1 Å². The van der Waals surface area contributed by atoms with Gasteiger partial charge in [-0.3, -0.25) is 4.79 Å². The number of fused-ring (bicyclic) bond motifs is 1. The number of halogens is 3. The summed E-state index contributed by atoms with van der Waals surface area (Å²) in [6.45, 7) is 1.88. The summed E-state index contributed by atoms with van der Waals surface area (Å²) in [7, 11) is -3.77. The molecule has 1 heterocycles. The summed E-state index contributed by atoms with van der Waals surface area (Å²) < 4.78 is 23.7. The lowest BCUT2D eigenvalue weighted by Gasteiger charge is -2.27. The molecule has 1 aliphatic rings. The van der Waals surface area contributed by atoms with Gasteiger partial charge in [0.15, 0.2) is 5.03 Å². The number of hydrogen-bond acceptors (Lipinski definition) is 4. The van der Waals surface area contributed by atoms with E-state index in [1.807, 2.05) is 6.92 Å². The highest BCUT2D eigenvalue weighted by molar-refractivity contribution is 7.91. The van der Waals surface area contributed by atoms with Crippen molar-refractivity contribution in [1.29, 1.82) is 0 Å². The van der Waals surface area contributed by atoms with Gasteiger partial charge in [0.1, 0.15) is 0 Å². The van der Waals surface area contributed by atoms with Crippen molar-refractivity contribution in [3.63, 3.8) is 0 Å². The highest BCUT2D eigenvalue weighted by atomic mass is 35.6. The van der Waals surface area contributed by atoms with Crippen molar-refractivity contribution in [3.8, 4) is 0 Å². The van der Waals surface area contributed by atoms with Gasteiger partial charge < -0.3 is 5.32 Å². The van der Waals surface area contributed by atoms with E-state index in [4.69, 9.17) is 34.8 Å². The van der Waals surface area contributed by atoms with E-state index in [0.29, 0.717) is 12.1 Å². The number of aromatic nitrogens is 1. The SMILES string of the molecule is Cc1ccc(S(=O)(=O)c2ccc3c(n2)C(NC(=O)C(Cl)(Cl)Cl)CCC3)cc1. The molecule has 0 aliphatic heterocycles. The summed E-state index contributed by atoms with van der Waals surface area (Å²) in [5.74, 6) is -0.765. The van der Waals surface area contributed by atoms with E-state index in [9.17, 15) is 13.2 Å². The summed E-state index contributed by atoms with van der Waals surface area (Å²) in [6, 6.07) is 9.28. The lowest BCUT2D eigenvalue weighted by Crippen LogP contribution is -2.39. The molecule has 1 amide bonds. The minimum atomic E-state index is -3.77. The van der Waals surface area contributed by atoms with Gasteiger partial charge in [0, 0.05) is 0 Å². The number of carbonyl (C=O) groups excluding carboxylic acids is 1. The molecule has 144 valence electrons. The van der Waals surface area contributed by atoms with Gasteiger partial charge in [0.05, 0.1) is 16.6 Å². The standard InChI is InChI=1S/C18H17Cl3N2O3S/c1-11-5-8-13(9-6-11)27(25,26)15-10-7-12-3-2-4-14(16(12)23-15)22-17(24)18(19,20)21/h5-10,14H,2-4H2,1H3,(H,22,24). The van der Waals surface area contributed by atoms with E-state index < -0.39 is 25.6 Å². The van der Waals surface area contributed by atoms with Crippen molar-refractivity contribution < 1.29 is 13.2 Å². The maximum atomic E-state index is 12.9. The minimum Gasteiger partial charge on any atom is -0.344 e. The molecule has 5 nitrogen and oxygen atoms in total. The largest absolute Gasteiger partial charge is 0.344 e. The molecule has 3 rings (SSSR count). The average molecular weight is 448 g/mol. The molecule has 1 aliphatic carbocycles. The van der Waals surface area contributed by atoms with Crippen LogP contribution in [0.5, 0.6) is 0 Å². The number of nitrogens with zero attached hydrogens (tertiary/aromatic N) is 1. The van der Waals surface area contributed by atoms with Gasteiger partial charge in [0.25, 0.3) is 9.70 Å². The number of amides is 1. The van der Waals surface area contributed by atoms with Crippen LogP contribution in [0.15, 0.2) is 46.3 Å². The van der Waals surface area contributed by atoms with Crippen LogP contribution >= 0.6 is 34.8 Å². The Hall–Kier alpha value is -1.34. The van der Waals surface area contributed by atoms with Crippen molar-refractivity contribution in [1.82, 2.24) is 10.3 Å². The normalized spacial score (nSPS) is 17.3. The molecule has 0 spiro atoms. The number of pyridine rings is 1. The zero-order valence-electron chi connectivity index (χ0n) is 14.4. The first kappa shape index (κ1) is 20.4. The summed E-state index contributed by atoms with van der Waals surface area (Å²) >= 11 is 16.9. The Balaban J connectivity index is 1.98. The Kier molecular flexibility index (Phi) is 5.73. The third kappa shape index (κ3) is 4.40. The van der Waals surface area contributed by atoms with E-state index >= 15 is 0 Å². The Labute approximate surface area is 173 Å². The molecule has 0 bridgehead atoms. The van der Waals surface area contributed by atoms with Crippen molar-refractivity contribution in [2.24, 2.45) is 0 Å². The molecule has 0 fully saturated rings. The number of nitrogens with one attached hydrogen (secondary N) is 1. The summed E-state index contributed by atoms with van der Waals surface area (Å²) in [5.41, 5.74) is 2.33. The Morgan fingerprint density at radius 2 is 1.81 bits per heavy atom. The molecule has 9 heteroatoms. The number of carbonyl (C=O) groups is 1. The average Bonchev–Trinajstić information content (AvgIpc) is 2.61. The van der Waals surface area contributed by atoms with Gasteiger partial charge in [-0.15, -0.1) is 0 Å². The maximum absolute atomic E-state index is 12.9. The number of hydrogen-bond donors (Lipinski definition) is 1. The van der Waals surface area contributed by atoms with Gasteiger partial charge in [-0.1, -0.05) is 58.6 Å². The number of aryl methyl sites for hydroxylation is 2. The molecule has 1 unspecified atom stereocenters. The number of benzene rings is 1. The monoisotopic (exact) mass is 446 g/mol. The van der Waals surface area contributed by atoms with E-state index in [0.717, 1.165) is 24.0 Å². The van der Waals surface area contributed by atoms with Crippen LogP contribution in [0.1, 0.15) is 35.7 Å². The van der Waals surface area contributed by atoms with Crippen molar-refractivity contribution in [2.75, 3.05) is 0 Å². The fourth-order valence-corrected chi connectivity index (χ4v) is 4.37. The van der Waals surface area contributed by atoms with Crippen LogP contribution in [-0.4, -0.2) is 23.1 Å². The first-order chi connectivity index (χ1) is 12.6. The molecule has 1 N–H and O–H groups in total. The quantitative estimate of drug-likeness (QED) is 0.719. The molecule has 0 saturated carbocycles. The lowest BCUT2D eigenvalue weighted by molar-refractivity contribution is -0.121. The Morgan fingerprint density at radius 3 is 2.44 bits per heavy atom. The van der Waals surface area contributed by atoms with E-state index in [-0.39, 0.29) is 9.92 Å². The van der Waals surface area contributed by atoms with Crippen LogP contribution in [0, 0.1) is 6.92 Å². The third-order valence-corrected chi connectivity index (χ3v) is 6.61. The van der Waals surface area contributed by atoms with E-state index in [2.05, 4.69) is 10.3 Å². The molecule has 0 radical (unpaired) electrons. The van der Waals surface area contributed by atoms with E-state index in [1.165, 1.54) is 6.07 Å². The van der Waals surface area contributed by atoms with Crippen molar-refractivity contribution in [3.05, 3.63) is 53.2 Å². The van der Waals surface area contributed by atoms with Gasteiger partial charge in [-0.2, -0.15) is 0 Å². The molecular formula is C18H17Cl3N2O3S. The highest BCUT2D eigenvalue weighted by Gasteiger charge is 2.34. The second-order valence-electron chi connectivity index (χ2n) is 6.43. The van der Waals surface area contributed by atoms with Crippen LogP contribution in [0.4, 0.5) is 0 Å². The van der Waals surface area contributed by atoms with Gasteiger partial charge in [-0.05, 0) is 49.9 Å². The van der Waals surface area contributed by atoms with Gasteiger partial charge in [-0.25, -0.2) is 13.4 Å². The van der Waals surface area contributed by atoms with Crippen LogP contribution in [-0.2, 0) is 21.1 Å². The maximum Gasteiger partial charge on any atom is 0.272 e. The predicted molar refractivity (Wildman–Crippen MR) is 105 cm³/mol. The van der Waals surface area contributed by atoms with Gasteiger partial charge in [0.2, 0.25) is 9.84 Å². The molecule has 2 aromatic rings. The zero-order valence-corrected chi connectivity index (χ0v) is 17.5. The summed E-state index contributed by atoms with van der Waals surface area (Å²) in [5, 5.41) is 2.58. The van der Waals surface area contributed by atoms with Crippen LogP contribution < -0.4 is 5.32 Å². The zero-order chi connectivity index (χ0) is 19.8. The third-order valence-electron chi connectivity index (χ3n) is 4.43. The molecular weight excluding hydrogens is 431 g/mol. The summed E-state index contributed by atoms with van der Waals surface area (Å²) in [4.78, 5) is 16.6. The Morgan fingerprint density at radius 1 is 1.15 bits per heavy atom. The van der Waals surface area contributed by atoms with Crippen molar-refractivity contribution >= 4 is 50.5 Å². The van der Waals surface area contributed by atoms with Crippen molar-refractivity contribution in [2.45, 2.75) is 45.9 Å². The van der Waals surface area contributed by atoms with Crippen LogP contribution in [0.25, 0.3) is 0 Å². The fraction of sp³-hybridized carbons (Fsp3) is 0.333. The first-order valence-corrected chi connectivity index (χ1v) is 10.9. The van der Waals surface area contributed by atoms with Crippen LogP contribution in [0.2, 0.25) is 0 Å². The first-order valence-electron chi connectivity index (χ1n) is 8.28. The lowest BCUT2D eigenvalue weighted by atomic mass is 9.92. The van der Waals surface area contributed by atoms with Crippen LogP contribution in [0.3, 0.4) is 0 Å². The minimum absolute atomic E-state index is 0.0693. The second-order valence-corrected chi connectivity index (χ2v) is 10.6. The molecule has 1 aromatic heterocycles. The smallest absolute Gasteiger partial charge is 0.272 e. The number of alkyl halides is 3. The fourth-order valence-electron chi connectivity index (χ4n) is 3.00. The number of rotatable bonds is 3. The molecule has 0 saturated heterocycles. The van der Waals surface area contributed by atoms with Gasteiger partial charge >= 0.3 is 0 Å². The predicted octanol–water partition coefficient (Wildman–Crippen LogP) is 4.09.